The molecule has 0 saturated carbocycles. The normalized spacial score (nSPS) is 23.8. The molecule has 1 heterocycles. The second-order valence-electron chi connectivity index (χ2n) is 4.55. The standard InChI is InChI=1S/C12H22N2O4/c1-4-10-8-18-9(3)6-14(10)12(17)13(5-2)7-11(15)16/h9-10H,4-8H2,1-3H3,(H,15,16). The van der Waals surface area contributed by atoms with Gasteiger partial charge in [0.25, 0.3) is 0 Å². The molecule has 2 amide bonds. The summed E-state index contributed by atoms with van der Waals surface area (Å²) in [6.45, 7) is 6.88. The van der Waals surface area contributed by atoms with Crippen LogP contribution in [0, 0.1) is 0 Å². The number of likely N-dealkylation sites (N-methyl/N-ethyl adjacent to an activating group) is 1. The van der Waals surface area contributed by atoms with E-state index in [0.29, 0.717) is 19.7 Å². The Kier molecular flexibility index (Phi) is 5.40. The van der Waals surface area contributed by atoms with Crippen molar-refractivity contribution in [3.63, 3.8) is 0 Å². The van der Waals surface area contributed by atoms with Crippen LogP contribution in [-0.2, 0) is 9.53 Å². The summed E-state index contributed by atoms with van der Waals surface area (Å²) >= 11 is 0. The van der Waals surface area contributed by atoms with Crippen molar-refractivity contribution in [1.82, 2.24) is 9.80 Å². The molecular formula is C12H22N2O4. The van der Waals surface area contributed by atoms with Crippen molar-refractivity contribution in [3.8, 4) is 0 Å². The van der Waals surface area contributed by atoms with Crippen LogP contribution in [-0.4, -0.2) is 65.3 Å². The van der Waals surface area contributed by atoms with E-state index in [1.54, 1.807) is 11.8 Å². The highest BCUT2D eigenvalue weighted by atomic mass is 16.5. The molecule has 1 rings (SSSR count). The highest BCUT2D eigenvalue weighted by Crippen LogP contribution is 2.16. The van der Waals surface area contributed by atoms with Gasteiger partial charge < -0.3 is 19.6 Å². The van der Waals surface area contributed by atoms with Crippen LogP contribution in [0.2, 0.25) is 0 Å². The molecule has 6 nitrogen and oxygen atoms in total. The smallest absolute Gasteiger partial charge is 0.323 e. The van der Waals surface area contributed by atoms with Crippen molar-refractivity contribution in [2.45, 2.75) is 39.3 Å². The Morgan fingerprint density at radius 2 is 2.11 bits per heavy atom. The molecule has 2 atom stereocenters. The van der Waals surface area contributed by atoms with E-state index in [0.717, 1.165) is 6.42 Å². The van der Waals surface area contributed by atoms with Crippen molar-refractivity contribution >= 4 is 12.0 Å². The van der Waals surface area contributed by atoms with Gasteiger partial charge in [-0.2, -0.15) is 0 Å². The Morgan fingerprint density at radius 1 is 1.44 bits per heavy atom. The number of nitrogens with zero attached hydrogens (tertiary/aromatic N) is 2. The van der Waals surface area contributed by atoms with E-state index in [1.165, 1.54) is 4.90 Å². The SMILES string of the molecule is CCC1COC(C)CN1C(=O)N(CC)CC(=O)O. The zero-order chi connectivity index (χ0) is 13.7. The lowest BCUT2D eigenvalue weighted by Crippen LogP contribution is -2.56. The maximum atomic E-state index is 12.3. The number of ether oxygens (including phenoxy) is 1. The molecule has 1 aliphatic heterocycles. The second-order valence-corrected chi connectivity index (χ2v) is 4.55. The van der Waals surface area contributed by atoms with E-state index < -0.39 is 5.97 Å². The summed E-state index contributed by atoms with van der Waals surface area (Å²) in [4.78, 5) is 26.1. The van der Waals surface area contributed by atoms with Crippen LogP contribution in [0.4, 0.5) is 4.79 Å². The van der Waals surface area contributed by atoms with Crippen molar-refractivity contribution in [2.75, 3.05) is 26.2 Å². The number of hydrogen-bond acceptors (Lipinski definition) is 3. The monoisotopic (exact) mass is 258 g/mol. The molecule has 1 N–H and O–H groups in total. The van der Waals surface area contributed by atoms with E-state index in [1.807, 2.05) is 13.8 Å². The zero-order valence-corrected chi connectivity index (χ0v) is 11.3. The van der Waals surface area contributed by atoms with Gasteiger partial charge in [-0.15, -0.1) is 0 Å². The first-order chi connectivity index (χ1) is 8.49. The Bertz CT molecular complexity index is 308. The molecule has 0 aromatic heterocycles. The molecular weight excluding hydrogens is 236 g/mol. The lowest BCUT2D eigenvalue weighted by atomic mass is 10.1. The summed E-state index contributed by atoms with van der Waals surface area (Å²) in [5.41, 5.74) is 0. The van der Waals surface area contributed by atoms with Crippen LogP contribution in [0.5, 0.6) is 0 Å². The predicted octanol–water partition coefficient (Wildman–Crippen LogP) is 1.01. The average molecular weight is 258 g/mol. The zero-order valence-electron chi connectivity index (χ0n) is 11.3. The third kappa shape index (κ3) is 3.60. The van der Waals surface area contributed by atoms with Crippen LogP contribution in [0.3, 0.4) is 0 Å². The first-order valence-corrected chi connectivity index (χ1v) is 6.38. The van der Waals surface area contributed by atoms with Gasteiger partial charge in [-0.3, -0.25) is 4.79 Å². The topological polar surface area (TPSA) is 70.1 Å². The van der Waals surface area contributed by atoms with E-state index in [2.05, 4.69) is 0 Å². The molecule has 0 aromatic carbocycles. The van der Waals surface area contributed by atoms with E-state index >= 15 is 0 Å². The summed E-state index contributed by atoms with van der Waals surface area (Å²) < 4.78 is 5.53. The number of carbonyl (C=O) groups excluding carboxylic acids is 1. The number of carboxylic acids is 1. The van der Waals surface area contributed by atoms with Crippen LogP contribution < -0.4 is 0 Å². The molecule has 1 fully saturated rings. The van der Waals surface area contributed by atoms with Crippen LogP contribution >= 0.6 is 0 Å². The minimum Gasteiger partial charge on any atom is -0.480 e. The van der Waals surface area contributed by atoms with Gasteiger partial charge in [0, 0.05) is 13.1 Å². The average Bonchev–Trinajstić information content (AvgIpc) is 2.34. The number of carboxylic acid groups (broad SMARTS) is 1. The van der Waals surface area contributed by atoms with Gasteiger partial charge in [-0.25, -0.2) is 4.79 Å². The minimum atomic E-state index is -0.987. The summed E-state index contributed by atoms with van der Waals surface area (Å²) in [6, 6.07) is -0.168. The number of morpholine rings is 1. The molecule has 18 heavy (non-hydrogen) atoms. The van der Waals surface area contributed by atoms with Crippen molar-refractivity contribution in [2.24, 2.45) is 0 Å². The molecule has 0 bridgehead atoms. The summed E-state index contributed by atoms with van der Waals surface area (Å²) in [7, 11) is 0. The van der Waals surface area contributed by atoms with Gasteiger partial charge in [-0.05, 0) is 20.3 Å². The van der Waals surface area contributed by atoms with Crippen molar-refractivity contribution in [3.05, 3.63) is 0 Å². The van der Waals surface area contributed by atoms with Crippen molar-refractivity contribution in [1.29, 1.82) is 0 Å². The third-order valence-corrected chi connectivity index (χ3v) is 3.16. The first kappa shape index (κ1) is 14.8. The van der Waals surface area contributed by atoms with Gasteiger partial charge in [0.2, 0.25) is 0 Å². The fourth-order valence-corrected chi connectivity index (χ4v) is 2.08. The summed E-state index contributed by atoms with van der Waals surface area (Å²) in [6.07, 6.45) is 0.809. The fraction of sp³-hybridized carbons (Fsp3) is 0.833. The van der Waals surface area contributed by atoms with Gasteiger partial charge in [0.05, 0.1) is 18.8 Å². The molecule has 1 saturated heterocycles. The first-order valence-electron chi connectivity index (χ1n) is 6.38. The molecule has 0 aliphatic carbocycles. The second kappa shape index (κ2) is 6.58. The van der Waals surface area contributed by atoms with Crippen LogP contribution in [0.25, 0.3) is 0 Å². The largest absolute Gasteiger partial charge is 0.480 e. The Hall–Kier alpha value is -1.30. The molecule has 0 radical (unpaired) electrons. The van der Waals surface area contributed by atoms with Crippen LogP contribution in [0.15, 0.2) is 0 Å². The van der Waals surface area contributed by atoms with E-state index in [4.69, 9.17) is 9.84 Å². The van der Waals surface area contributed by atoms with Crippen molar-refractivity contribution < 1.29 is 19.4 Å². The highest BCUT2D eigenvalue weighted by molar-refractivity contribution is 5.80. The third-order valence-electron chi connectivity index (χ3n) is 3.16. The summed E-state index contributed by atoms with van der Waals surface area (Å²) in [5.74, 6) is -0.987. The van der Waals surface area contributed by atoms with Gasteiger partial charge >= 0.3 is 12.0 Å². The summed E-state index contributed by atoms with van der Waals surface area (Å²) in [5, 5.41) is 8.80. The van der Waals surface area contributed by atoms with Gasteiger partial charge in [0.15, 0.2) is 0 Å². The number of rotatable bonds is 4. The van der Waals surface area contributed by atoms with Crippen LogP contribution in [0.1, 0.15) is 27.2 Å². The van der Waals surface area contributed by atoms with Gasteiger partial charge in [0.1, 0.15) is 6.54 Å². The molecule has 1 aliphatic rings. The Morgan fingerprint density at radius 3 is 2.61 bits per heavy atom. The molecule has 2 unspecified atom stereocenters. The number of amides is 2. The number of aliphatic carboxylic acids is 1. The molecule has 6 heteroatoms. The lowest BCUT2D eigenvalue weighted by Gasteiger charge is -2.40. The quantitative estimate of drug-likeness (QED) is 0.817. The number of urea groups is 1. The lowest BCUT2D eigenvalue weighted by molar-refractivity contribution is -0.137. The Labute approximate surface area is 107 Å². The van der Waals surface area contributed by atoms with E-state index in [-0.39, 0.29) is 24.7 Å². The maximum Gasteiger partial charge on any atom is 0.323 e. The Balaban J connectivity index is 2.74. The number of hydrogen-bond donors (Lipinski definition) is 1. The predicted molar refractivity (Wildman–Crippen MR) is 66.5 cm³/mol. The van der Waals surface area contributed by atoms with Gasteiger partial charge in [-0.1, -0.05) is 6.92 Å². The number of carbonyl (C=O) groups is 2. The molecule has 104 valence electrons. The molecule has 0 aromatic rings. The minimum absolute atomic E-state index is 0.000263. The van der Waals surface area contributed by atoms with E-state index in [9.17, 15) is 9.59 Å². The maximum absolute atomic E-state index is 12.3. The fourth-order valence-electron chi connectivity index (χ4n) is 2.08. The highest BCUT2D eigenvalue weighted by Gasteiger charge is 2.32. The molecule has 0 spiro atoms.